The zero-order valence-corrected chi connectivity index (χ0v) is 14.3. The molecule has 0 fully saturated rings. The number of benzene rings is 2. The molecule has 0 amide bonds. The summed E-state index contributed by atoms with van der Waals surface area (Å²) in [5.41, 5.74) is 0.0210. The molecule has 1 N–H and O–H groups in total. The fourth-order valence-electron chi connectivity index (χ4n) is 1.72. The Morgan fingerprint density at radius 1 is 1.23 bits per heavy atom. The molecule has 9 heteroatoms. The van der Waals surface area contributed by atoms with Gasteiger partial charge in [-0.05, 0) is 41.5 Å². The molecule has 0 aliphatic rings. The van der Waals surface area contributed by atoms with Crippen LogP contribution in [-0.2, 0) is 21.2 Å². The van der Waals surface area contributed by atoms with Gasteiger partial charge in [-0.1, -0.05) is 29.3 Å². The highest BCUT2D eigenvalue weighted by atomic mass is 35.5. The van der Waals surface area contributed by atoms with E-state index in [-0.39, 0.29) is 20.6 Å². The molecule has 0 aliphatic carbocycles. The van der Waals surface area contributed by atoms with Crippen LogP contribution in [0.4, 0.5) is 10.1 Å². The first-order valence-electron chi connectivity index (χ1n) is 5.82. The number of nitrogens with one attached hydrogen (secondary N) is 1. The van der Waals surface area contributed by atoms with Gasteiger partial charge in [0.15, 0.2) is 10.7 Å². The Balaban J connectivity index is 2.50. The lowest BCUT2D eigenvalue weighted by Crippen LogP contribution is -2.16. The Hall–Kier alpha value is -0.990. The molecule has 1 unspecified atom stereocenters. The van der Waals surface area contributed by atoms with E-state index in [1.54, 1.807) is 0 Å². The molecule has 0 bridgehead atoms. The summed E-state index contributed by atoms with van der Waals surface area (Å²) >= 11 is 9.96. The van der Waals surface area contributed by atoms with Gasteiger partial charge in [-0.3, -0.25) is 4.72 Å². The predicted octanol–water partition coefficient (Wildman–Crippen LogP) is 3.67. The highest BCUT2D eigenvalue weighted by molar-refractivity contribution is 7.93. The van der Waals surface area contributed by atoms with Crippen molar-refractivity contribution in [1.82, 2.24) is 0 Å². The molecule has 0 saturated heterocycles. The molecule has 1 atom stereocenters. The van der Waals surface area contributed by atoms with Crippen molar-refractivity contribution in [1.29, 1.82) is 0 Å². The molecular formula is C13H10Cl2FNO3S2. The van der Waals surface area contributed by atoms with E-state index in [9.17, 15) is 17.4 Å². The van der Waals surface area contributed by atoms with Crippen LogP contribution in [0.25, 0.3) is 0 Å². The molecule has 4 nitrogen and oxygen atoms in total. The second kappa shape index (κ2) is 6.64. The van der Waals surface area contributed by atoms with Crippen molar-refractivity contribution in [2.24, 2.45) is 0 Å². The van der Waals surface area contributed by atoms with E-state index < -0.39 is 31.9 Å². The quantitative estimate of drug-likeness (QED) is 0.821. The van der Waals surface area contributed by atoms with Gasteiger partial charge in [0.05, 0.1) is 5.02 Å². The molecule has 0 radical (unpaired) electrons. The maximum atomic E-state index is 13.9. The third kappa shape index (κ3) is 3.67. The SMILES string of the molecule is C[S+]([O-])c1ccc(Cl)cc1NS(=O)(=O)c1cccc(Cl)c1F. The first-order chi connectivity index (χ1) is 10.2. The van der Waals surface area contributed by atoms with E-state index in [2.05, 4.69) is 4.72 Å². The van der Waals surface area contributed by atoms with Crippen molar-refractivity contribution in [2.75, 3.05) is 11.0 Å². The zero-order chi connectivity index (χ0) is 16.5. The van der Waals surface area contributed by atoms with E-state index in [0.717, 1.165) is 6.07 Å². The van der Waals surface area contributed by atoms with Crippen molar-refractivity contribution in [3.05, 3.63) is 52.3 Å². The van der Waals surface area contributed by atoms with Crippen LogP contribution in [0.5, 0.6) is 0 Å². The fraction of sp³-hybridized carbons (Fsp3) is 0.0769. The van der Waals surface area contributed by atoms with Gasteiger partial charge in [0.1, 0.15) is 16.8 Å². The summed E-state index contributed by atoms with van der Waals surface area (Å²) in [6.07, 6.45) is 1.39. The first kappa shape index (κ1) is 17.4. The summed E-state index contributed by atoms with van der Waals surface area (Å²) in [7, 11) is -4.24. The van der Waals surface area contributed by atoms with Crippen LogP contribution in [0.1, 0.15) is 0 Å². The molecule has 0 aliphatic heterocycles. The van der Waals surface area contributed by atoms with Gasteiger partial charge < -0.3 is 4.55 Å². The van der Waals surface area contributed by atoms with Crippen molar-refractivity contribution >= 4 is 50.1 Å². The van der Waals surface area contributed by atoms with Crippen LogP contribution in [0.3, 0.4) is 0 Å². The predicted molar refractivity (Wildman–Crippen MR) is 86.0 cm³/mol. The van der Waals surface area contributed by atoms with Crippen LogP contribution in [-0.4, -0.2) is 19.2 Å². The minimum atomic E-state index is -4.24. The summed E-state index contributed by atoms with van der Waals surface area (Å²) < 4.78 is 52.4. The maximum Gasteiger partial charge on any atom is 0.265 e. The zero-order valence-electron chi connectivity index (χ0n) is 11.1. The first-order valence-corrected chi connectivity index (χ1v) is 9.62. The number of anilines is 1. The van der Waals surface area contributed by atoms with E-state index >= 15 is 0 Å². The van der Waals surface area contributed by atoms with Crippen LogP contribution in [0, 0.1) is 5.82 Å². The lowest BCUT2D eigenvalue weighted by atomic mass is 10.3. The minimum Gasteiger partial charge on any atom is -0.612 e. The second-order valence-corrected chi connectivity index (χ2v) is 8.09. The standard InChI is InChI=1S/C13H10Cl2FNO3S2/c1-21(18)11-6-5-8(14)7-10(11)17-22(19,20)12-4-2-3-9(15)13(12)16/h2-7,17H,1H3. The lowest BCUT2D eigenvalue weighted by molar-refractivity contribution is 0.570. The van der Waals surface area contributed by atoms with Gasteiger partial charge in [0.25, 0.3) is 10.0 Å². The highest BCUT2D eigenvalue weighted by Crippen LogP contribution is 2.29. The topological polar surface area (TPSA) is 69.2 Å². The molecule has 2 rings (SSSR count). The summed E-state index contributed by atoms with van der Waals surface area (Å²) in [6, 6.07) is 7.86. The van der Waals surface area contributed by atoms with Crippen molar-refractivity contribution < 1.29 is 17.4 Å². The van der Waals surface area contributed by atoms with Gasteiger partial charge in [-0.2, -0.15) is 0 Å². The Morgan fingerprint density at radius 2 is 1.91 bits per heavy atom. The largest absolute Gasteiger partial charge is 0.612 e. The smallest absolute Gasteiger partial charge is 0.265 e. The van der Waals surface area contributed by atoms with Gasteiger partial charge in [-0.25, -0.2) is 12.8 Å². The van der Waals surface area contributed by atoms with Crippen LogP contribution < -0.4 is 4.72 Å². The number of rotatable bonds is 4. The third-order valence-electron chi connectivity index (χ3n) is 2.70. The van der Waals surface area contributed by atoms with Gasteiger partial charge in [-0.15, -0.1) is 0 Å². The van der Waals surface area contributed by atoms with Crippen molar-refractivity contribution in [2.45, 2.75) is 9.79 Å². The monoisotopic (exact) mass is 381 g/mol. The molecule has 0 aromatic heterocycles. The maximum absolute atomic E-state index is 13.9. The van der Waals surface area contributed by atoms with Gasteiger partial charge >= 0.3 is 0 Å². The summed E-state index contributed by atoms with van der Waals surface area (Å²) in [4.78, 5) is -0.372. The van der Waals surface area contributed by atoms with Crippen molar-refractivity contribution in [3.8, 4) is 0 Å². The van der Waals surface area contributed by atoms with E-state index in [0.29, 0.717) is 0 Å². The highest BCUT2D eigenvalue weighted by Gasteiger charge is 2.24. The molecular weight excluding hydrogens is 372 g/mol. The molecule has 0 spiro atoms. The van der Waals surface area contributed by atoms with Crippen LogP contribution in [0.2, 0.25) is 10.0 Å². The molecule has 2 aromatic rings. The second-order valence-electron chi connectivity index (χ2n) is 4.25. The van der Waals surface area contributed by atoms with Gasteiger partial charge in [0, 0.05) is 5.02 Å². The normalized spacial score (nSPS) is 13.0. The van der Waals surface area contributed by atoms with E-state index in [1.165, 1.54) is 36.6 Å². The van der Waals surface area contributed by atoms with E-state index in [4.69, 9.17) is 23.2 Å². The Kier molecular flexibility index (Phi) is 5.24. The number of hydrogen-bond acceptors (Lipinski definition) is 3. The van der Waals surface area contributed by atoms with Gasteiger partial charge in [0.2, 0.25) is 0 Å². The molecule has 0 heterocycles. The average Bonchev–Trinajstić information content (AvgIpc) is 2.40. The summed E-state index contributed by atoms with van der Waals surface area (Å²) in [6.45, 7) is 0. The Bertz CT molecular complexity index is 813. The lowest BCUT2D eigenvalue weighted by Gasteiger charge is -2.13. The van der Waals surface area contributed by atoms with Crippen molar-refractivity contribution in [3.63, 3.8) is 0 Å². The summed E-state index contributed by atoms with van der Waals surface area (Å²) in [5.74, 6) is -1.06. The fourth-order valence-corrected chi connectivity index (χ4v) is 4.04. The number of sulfonamides is 1. The number of halogens is 3. The molecule has 22 heavy (non-hydrogen) atoms. The molecule has 118 valence electrons. The average molecular weight is 382 g/mol. The Labute approximate surface area is 140 Å². The molecule has 2 aromatic carbocycles. The third-order valence-corrected chi connectivity index (χ3v) is 5.59. The van der Waals surface area contributed by atoms with E-state index in [1.807, 2.05) is 0 Å². The summed E-state index contributed by atoms with van der Waals surface area (Å²) in [5, 5.41) is -0.0632. The minimum absolute atomic E-state index is 0.0210. The number of hydrogen-bond donors (Lipinski definition) is 1. The van der Waals surface area contributed by atoms with Crippen LogP contribution >= 0.6 is 23.2 Å². The molecule has 0 saturated carbocycles. The van der Waals surface area contributed by atoms with Crippen LogP contribution in [0.15, 0.2) is 46.2 Å². The Morgan fingerprint density at radius 3 is 2.55 bits per heavy atom.